The monoisotopic (exact) mass is 409 g/mol. The number of furan rings is 1. The maximum Gasteiger partial charge on any atom is 0.287 e. The van der Waals surface area contributed by atoms with Crippen LogP contribution < -0.4 is 5.32 Å². The number of carbonyl (C=O) groups excluding carboxylic acids is 1. The van der Waals surface area contributed by atoms with Gasteiger partial charge in [0, 0.05) is 48.2 Å². The quantitative estimate of drug-likeness (QED) is 0.681. The molecule has 0 radical (unpaired) electrons. The van der Waals surface area contributed by atoms with Crippen LogP contribution in [0.4, 0.5) is 0 Å². The number of fused-ring (bicyclic) bond motifs is 3. The van der Waals surface area contributed by atoms with Gasteiger partial charge in [-0.1, -0.05) is 0 Å². The second-order valence-electron chi connectivity index (χ2n) is 7.58. The molecule has 156 valence electrons. The number of nitrogens with zero attached hydrogens (tertiary/aromatic N) is 4. The summed E-state index contributed by atoms with van der Waals surface area (Å²) < 4.78 is 18.8. The Morgan fingerprint density at radius 1 is 1.27 bits per heavy atom. The first-order chi connectivity index (χ1) is 14.7. The van der Waals surface area contributed by atoms with E-state index in [2.05, 4.69) is 21.5 Å². The summed E-state index contributed by atoms with van der Waals surface area (Å²) in [6.07, 6.45) is 8.58. The molecule has 2 aliphatic rings. The lowest BCUT2D eigenvalue weighted by Gasteiger charge is -2.22. The average molecular weight is 409 g/mol. The van der Waals surface area contributed by atoms with Crippen LogP contribution in [0.1, 0.15) is 33.0 Å². The van der Waals surface area contributed by atoms with Crippen LogP contribution in [0.2, 0.25) is 0 Å². The highest BCUT2D eigenvalue weighted by molar-refractivity contribution is 5.95. The van der Waals surface area contributed by atoms with Crippen molar-refractivity contribution in [2.45, 2.75) is 32.4 Å². The van der Waals surface area contributed by atoms with Gasteiger partial charge in [-0.3, -0.25) is 9.48 Å². The van der Waals surface area contributed by atoms with E-state index < -0.39 is 0 Å². The molecule has 4 heterocycles. The van der Waals surface area contributed by atoms with E-state index >= 15 is 0 Å². The van der Waals surface area contributed by atoms with Gasteiger partial charge >= 0.3 is 0 Å². The van der Waals surface area contributed by atoms with Gasteiger partial charge in [0.2, 0.25) is 0 Å². The van der Waals surface area contributed by atoms with Gasteiger partial charge in [-0.25, -0.2) is 9.97 Å². The molecule has 3 aromatic heterocycles. The van der Waals surface area contributed by atoms with Gasteiger partial charge in [0.1, 0.15) is 12.1 Å². The molecule has 1 aliphatic heterocycles. The molecule has 1 saturated heterocycles. The summed E-state index contributed by atoms with van der Waals surface area (Å²) in [4.78, 5) is 20.9. The van der Waals surface area contributed by atoms with Crippen molar-refractivity contribution in [2.24, 2.45) is 0 Å². The number of aryl methyl sites for hydroxylation is 2. The van der Waals surface area contributed by atoms with Crippen LogP contribution in [0.15, 0.2) is 29.3 Å². The minimum absolute atomic E-state index is 0.128. The number of amides is 1. The smallest absolute Gasteiger partial charge is 0.287 e. The summed E-state index contributed by atoms with van der Waals surface area (Å²) in [7, 11) is 0. The van der Waals surface area contributed by atoms with Crippen molar-refractivity contribution < 1.29 is 18.7 Å². The summed E-state index contributed by atoms with van der Waals surface area (Å²) >= 11 is 0. The molecule has 9 nitrogen and oxygen atoms in total. The summed E-state index contributed by atoms with van der Waals surface area (Å²) in [6, 6.07) is 0. The SMILES string of the molecule is Cc1c(C(=O)NC[C@@H]2COCCO2)oc2c1-c1nn(Cc3cncnc3)cc1CC2. The third-order valence-electron chi connectivity index (χ3n) is 5.46. The van der Waals surface area contributed by atoms with Crippen molar-refractivity contribution in [1.82, 2.24) is 25.1 Å². The van der Waals surface area contributed by atoms with E-state index in [1.165, 1.54) is 6.33 Å². The fourth-order valence-electron chi connectivity index (χ4n) is 4.00. The van der Waals surface area contributed by atoms with Gasteiger partial charge in [-0.05, 0) is 18.9 Å². The second-order valence-corrected chi connectivity index (χ2v) is 7.58. The maximum atomic E-state index is 12.7. The third kappa shape index (κ3) is 3.61. The van der Waals surface area contributed by atoms with E-state index in [9.17, 15) is 4.79 Å². The highest BCUT2D eigenvalue weighted by atomic mass is 16.6. The largest absolute Gasteiger partial charge is 0.455 e. The molecule has 0 bridgehead atoms. The van der Waals surface area contributed by atoms with Crippen molar-refractivity contribution in [3.63, 3.8) is 0 Å². The normalized spacial score (nSPS) is 18.0. The first-order valence-corrected chi connectivity index (χ1v) is 10.1. The lowest BCUT2D eigenvalue weighted by atomic mass is 9.93. The third-order valence-corrected chi connectivity index (χ3v) is 5.46. The topological polar surface area (TPSA) is 104 Å². The molecule has 1 aliphatic carbocycles. The molecular weight excluding hydrogens is 386 g/mol. The Bertz CT molecular complexity index is 1050. The van der Waals surface area contributed by atoms with Crippen molar-refractivity contribution in [3.05, 3.63) is 53.1 Å². The van der Waals surface area contributed by atoms with E-state index in [1.807, 2.05) is 11.6 Å². The van der Waals surface area contributed by atoms with Crippen molar-refractivity contribution in [2.75, 3.05) is 26.4 Å². The minimum Gasteiger partial charge on any atom is -0.455 e. The Balaban J connectivity index is 1.36. The first kappa shape index (κ1) is 19.0. The second kappa shape index (κ2) is 8.00. The van der Waals surface area contributed by atoms with E-state index in [0.29, 0.717) is 38.7 Å². The van der Waals surface area contributed by atoms with Crippen molar-refractivity contribution in [3.8, 4) is 11.3 Å². The molecule has 0 spiro atoms. The minimum atomic E-state index is -0.238. The van der Waals surface area contributed by atoms with Gasteiger partial charge in [-0.15, -0.1) is 0 Å². The van der Waals surface area contributed by atoms with Gasteiger partial charge < -0.3 is 19.2 Å². The standard InChI is InChI=1S/C21H23N5O4/c1-13-18-17(30-20(13)21(27)24-8-16-11-28-4-5-29-16)3-2-15-10-26(25-19(15)18)9-14-6-22-12-23-7-14/h6-7,10,12,16H,2-5,8-9,11H2,1H3,(H,24,27)/t16-/m1/s1. The molecule has 0 saturated carbocycles. The highest BCUT2D eigenvalue weighted by Gasteiger charge is 2.30. The number of carbonyl (C=O) groups is 1. The summed E-state index contributed by atoms with van der Waals surface area (Å²) in [5.41, 5.74) is 4.77. The average Bonchev–Trinajstić information content (AvgIpc) is 3.33. The first-order valence-electron chi connectivity index (χ1n) is 10.1. The van der Waals surface area contributed by atoms with Crippen LogP contribution >= 0.6 is 0 Å². The van der Waals surface area contributed by atoms with Crippen LogP contribution in [0, 0.1) is 6.92 Å². The number of ether oxygens (including phenoxy) is 2. The summed E-state index contributed by atoms with van der Waals surface area (Å²) in [5.74, 6) is 0.921. The van der Waals surface area contributed by atoms with Gasteiger partial charge in [0.15, 0.2) is 5.76 Å². The Kier molecular flexibility index (Phi) is 5.06. The Morgan fingerprint density at radius 3 is 2.93 bits per heavy atom. The zero-order valence-electron chi connectivity index (χ0n) is 16.8. The number of nitrogens with one attached hydrogen (secondary N) is 1. The van der Waals surface area contributed by atoms with Crippen LogP contribution in [0.5, 0.6) is 0 Å². The van der Waals surface area contributed by atoms with Crippen molar-refractivity contribution >= 4 is 5.91 Å². The molecule has 1 fully saturated rings. The Labute approximate surface area is 173 Å². The van der Waals surface area contributed by atoms with E-state index in [1.54, 1.807) is 12.4 Å². The predicted octanol–water partition coefficient (Wildman–Crippen LogP) is 1.53. The van der Waals surface area contributed by atoms with Crippen LogP contribution in [-0.4, -0.2) is 58.1 Å². The number of aromatic nitrogens is 4. The molecule has 1 amide bonds. The predicted molar refractivity (Wildman–Crippen MR) is 106 cm³/mol. The lowest BCUT2D eigenvalue weighted by molar-refractivity contribution is -0.0856. The fourth-order valence-corrected chi connectivity index (χ4v) is 4.00. The van der Waals surface area contributed by atoms with Crippen LogP contribution in [0.3, 0.4) is 0 Å². The van der Waals surface area contributed by atoms with Gasteiger partial charge in [-0.2, -0.15) is 5.10 Å². The lowest BCUT2D eigenvalue weighted by Crippen LogP contribution is -2.39. The Hall–Kier alpha value is -3.04. The summed E-state index contributed by atoms with van der Waals surface area (Å²) in [6.45, 7) is 4.53. The van der Waals surface area contributed by atoms with Gasteiger partial charge in [0.05, 0.1) is 38.2 Å². The molecule has 30 heavy (non-hydrogen) atoms. The Morgan fingerprint density at radius 2 is 2.13 bits per heavy atom. The van der Waals surface area contributed by atoms with Gasteiger partial charge in [0.25, 0.3) is 5.91 Å². The molecule has 1 atom stereocenters. The molecule has 1 N–H and O–H groups in total. The van der Waals surface area contributed by atoms with Crippen LogP contribution in [-0.2, 0) is 28.9 Å². The van der Waals surface area contributed by atoms with Crippen LogP contribution in [0.25, 0.3) is 11.3 Å². The molecule has 3 aromatic rings. The van der Waals surface area contributed by atoms with E-state index in [4.69, 9.17) is 19.0 Å². The molecule has 9 heteroatoms. The molecular formula is C21H23N5O4. The molecule has 0 aromatic carbocycles. The van der Waals surface area contributed by atoms with E-state index in [0.717, 1.165) is 46.5 Å². The number of hydrogen-bond donors (Lipinski definition) is 1. The highest BCUT2D eigenvalue weighted by Crippen LogP contribution is 2.38. The number of rotatable bonds is 5. The van der Waals surface area contributed by atoms with Crippen molar-refractivity contribution in [1.29, 1.82) is 0 Å². The maximum absolute atomic E-state index is 12.7. The number of hydrogen-bond acceptors (Lipinski definition) is 7. The zero-order valence-corrected chi connectivity index (χ0v) is 16.8. The zero-order chi connectivity index (χ0) is 20.5. The van der Waals surface area contributed by atoms with E-state index in [-0.39, 0.29) is 12.0 Å². The molecule has 0 unspecified atom stereocenters. The fraction of sp³-hybridized carbons (Fsp3) is 0.429. The summed E-state index contributed by atoms with van der Waals surface area (Å²) in [5, 5.41) is 7.68. The molecule has 5 rings (SSSR count).